The summed E-state index contributed by atoms with van der Waals surface area (Å²) in [5, 5.41) is 30.1. The van der Waals surface area contributed by atoms with Crippen molar-refractivity contribution in [3.63, 3.8) is 0 Å². The fourth-order valence-corrected chi connectivity index (χ4v) is 15.7. The van der Waals surface area contributed by atoms with Crippen molar-refractivity contribution in [2.45, 2.75) is 78.6 Å². The molecule has 0 unspecified atom stereocenters. The fourth-order valence-electron chi connectivity index (χ4n) is 13.7. The Bertz CT molecular complexity index is 5440. The second-order valence-corrected chi connectivity index (χ2v) is 47.3. The lowest BCUT2D eigenvalue weighted by Crippen LogP contribution is -2.16. The third kappa shape index (κ3) is 8.50. The highest BCUT2D eigenvalue weighted by atomic mass is 28.3. The van der Waals surface area contributed by atoms with Crippen LogP contribution in [0.1, 0.15) is 22.3 Å². The van der Waals surface area contributed by atoms with Gasteiger partial charge in [-0.2, -0.15) is 0 Å². The van der Waals surface area contributed by atoms with Gasteiger partial charge in [0, 0.05) is 68.6 Å². The molecule has 4 aromatic heterocycles. The van der Waals surface area contributed by atoms with Crippen LogP contribution in [0.5, 0.6) is 0 Å². The number of nitrogens with zero attached hydrogens (tertiary/aromatic N) is 4. The van der Waals surface area contributed by atoms with Gasteiger partial charge in [-0.15, -0.1) is 22.2 Å². The first-order valence-electron chi connectivity index (χ1n) is 30.6. The van der Waals surface area contributed by atoms with Crippen LogP contribution in [0.15, 0.2) is 158 Å². The molecule has 0 saturated heterocycles. The lowest BCUT2D eigenvalue weighted by Gasteiger charge is -2.21. The van der Waals surface area contributed by atoms with Crippen molar-refractivity contribution in [1.29, 1.82) is 0 Å². The SMILES string of the molecule is C[Si](C)(C)C#Cc1c2cc3c(cc2c(C#C[Si](C)(C)C)c2cc4c(cc12)c1cccc2c5cc6c(C#C[Si](C)(C)C)c7cc8c(cc7c(C#C[Si](C)(C)C)c6cc5c5cccc4c5c12)c1cccnc1c1ncccc81)c1cccnc1c1ncccc31. The summed E-state index contributed by atoms with van der Waals surface area (Å²) in [5.74, 6) is 15.8. The number of hydrogen-bond donors (Lipinski definition) is 0. The molecule has 0 atom stereocenters. The topological polar surface area (TPSA) is 51.6 Å². The minimum Gasteiger partial charge on any atom is -0.254 e. The predicted molar refractivity (Wildman–Crippen MR) is 392 cm³/mol. The minimum absolute atomic E-state index is 0.905. The quantitative estimate of drug-likeness (QED) is 0.0657. The monoisotopic (exact) mass is 1190 g/mol. The Kier molecular flexibility index (Phi) is 11.6. The van der Waals surface area contributed by atoms with Crippen molar-refractivity contribution in [2.75, 3.05) is 0 Å². The Morgan fingerprint density at radius 1 is 0.216 bits per heavy atom. The average Bonchev–Trinajstić information content (AvgIpc) is 0.722. The van der Waals surface area contributed by atoms with Crippen LogP contribution >= 0.6 is 0 Å². The van der Waals surface area contributed by atoms with Crippen molar-refractivity contribution in [3.8, 4) is 45.9 Å². The van der Waals surface area contributed by atoms with Crippen LogP contribution in [0.25, 0.3) is 162 Å². The van der Waals surface area contributed by atoms with Crippen molar-refractivity contribution in [1.82, 2.24) is 19.9 Å². The van der Waals surface area contributed by atoms with E-state index in [1.165, 1.54) is 53.9 Å². The molecule has 0 spiro atoms. The standard InChI is InChI=1S/C80H62N4Si4/c1-85(2,3)35-27-47-59-39-67-51-19-13-21-53-69-41-61-49(29-37-87(7,8)9)65-45-73-57-25-17-33-83-79(57)80-58(26-18-34-84-80)74(73)46-66(65)50(30-38-88(10,11)12)62(61)42-70(69)54-22-14-20-52(76(54)75(51)53)68(67)40-60(59)48(28-36-86(4,5)6)64-44-72-56-24-16-32-82-78(56)77-55(23-15-31-81-77)71(72)43-63(47)64/h13-26,31-34,39-46H,1-12H3. The maximum atomic E-state index is 4.95. The van der Waals surface area contributed by atoms with Crippen molar-refractivity contribution < 1.29 is 0 Å². The summed E-state index contributed by atoms with van der Waals surface area (Å²) < 4.78 is 0. The van der Waals surface area contributed by atoms with Gasteiger partial charge in [0.05, 0.1) is 22.1 Å². The molecule has 0 bridgehead atoms. The van der Waals surface area contributed by atoms with Crippen LogP contribution in [-0.2, 0) is 0 Å². The molecule has 0 aliphatic carbocycles. The first kappa shape index (κ1) is 53.9. The van der Waals surface area contributed by atoms with E-state index < -0.39 is 32.3 Å². The molecule has 418 valence electrons. The van der Waals surface area contributed by atoms with Crippen molar-refractivity contribution in [2.24, 2.45) is 0 Å². The zero-order valence-electron chi connectivity index (χ0n) is 51.8. The summed E-state index contributed by atoms with van der Waals surface area (Å²) in [6.45, 7) is 28.1. The lowest BCUT2D eigenvalue weighted by atomic mass is 9.82. The number of hydrogen-bond acceptors (Lipinski definition) is 4. The molecule has 0 fully saturated rings. The molecule has 0 saturated carbocycles. The molecule has 4 nitrogen and oxygen atoms in total. The molecule has 16 rings (SSSR count). The normalized spacial score (nSPS) is 12.6. The smallest absolute Gasteiger partial charge is 0.129 e. The van der Waals surface area contributed by atoms with Crippen molar-refractivity contribution in [3.05, 3.63) is 181 Å². The van der Waals surface area contributed by atoms with Gasteiger partial charge >= 0.3 is 0 Å². The molecule has 16 aromatic rings. The molecule has 4 heterocycles. The molecule has 12 aromatic carbocycles. The number of fused-ring (bicyclic) bond motifs is 22. The highest BCUT2D eigenvalue weighted by Crippen LogP contribution is 2.50. The van der Waals surface area contributed by atoms with E-state index in [1.54, 1.807) is 0 Å². The summed E-state index contributed by atoms with van der Waals surface area (Å²) in [4.78, 5) is 19.8. The van der Waals surface area contributed by atoms with Gasteiger partial charge in [-0.3, -0.25) is 19.9 Å². The summed E-state index contributed by atoms with van der Waals surface area (Å²) >= 11 is 0. The Hall–Kier alpha value is -9.49. The molecule has 0 amide bonds. The van der Waals surface area contributed by atoms with Crippen LogP contribution < -0.4 is 0 Å². The molecule has 0 aliphatic heterocycles. The summed E-state index contributed by atoms with van der Waals surface area (Å²) in [7, 11) is -7.60. The summed E-state index contributed by atoms with van der Waals surface area (Å²) in [6, 6.07) is 50.4. The van der Waals surface area contributed by atoms with Crippen LogP contribution in [0.2, 0.25) is 78.6 Å². The van der Waals surface area contributed by atoms with E-state index in [0.29, 0.717) is 0 Å². The lowest BCUT2D eigenvalue weighted by molar-refractivity contribution is 1.38. The Morgan fingerprint density at radius 3 is 0.591 bits per heavy atom. The summed E-state index contributed by atoms with van der Waals surface area (Å²) in [6.07, 6.45) is 7.52. The first-order chi connectivity index (χ1) is 42.1. The molecule has 0 aliphatic rings. The number of pyridine rings is 4. The molecular weight excluding hydrogens is 1130 g/mol. The van der Waals surface area contributed by atoms with Gasteiger partial charge < -0.3 is 0 Å². The Balaban J connectivity index is 1.09. The first-order valence-corrected chi connectivity index (χ1v) is 44.6. The van der Waals surface area contributed by atoms with Crippen LogP contribution in [0, 0.1) is 45.9 Å². The van der Waals surface area contributed by atoms with Gasteiger partial charge in [-0.1, -0.05) is 163 Å². The van der Waals surface area contributed by atoms with Crippen LogP contribution in [-0.4, -0.2) is 52.2 Å². The molecule has 8 heteroatoms. The molecule has 0 N–H and O–H groups in total. The van der Waals surface area contributed by atoms with Gasteiger partial charge in [0.2, 0.25) is 0 Å². The fraction of sp³-hybridized carbons (Fsp3) is 0.150. The van der Waals surface area contributed by atoms with Gasteiger partial charge in [0.25, 0.3) is 0 Å². The Morgan fingerprint density at radius 2 is 0.398 bits per heavy atom. The van der Waals surface area contributed by atoms with E-state index in [0.717, 1.165) is 131 Å². The third-order valence-electron chi connectivity index (χ3n) is 17.4. The Labute approximate surface area is 515 Å². The highest BCUT2D eigenvalue weighted by molar-refractivity contribution is 6.85. The largest absolute Gasteiger partial charge is 0.254 e. The highest BCUT2D eigenvalue weighted by Gasteiger charge is 2.25. The second kappa shape index (κ2) is 19.0. The van der Waals surface area contributed by atoms with Crippen LogP contribution in [0.4, 0.5) is 0 Å². The maximum absolute atomic E-state index is 4.95. The van der Waals surface area contributed by atoms with Gasteiger partial charge in [0.1, 0.15) is 32.3 Å². The van der Waals surface area contributed by atoms with E-state index in [9.17, 15) is 0 Å². The molecular formula is C80H62N4Si4. The predicted octanol–water partition coefficient (Wildman–Crippen LogP) is 20.9. The number of benzene rings is 12. The zero-order valence-corrected chi connectivity index (χ0v) is 55.8. The van der Waals surface area contributed by atoms with E-state index in [-0.39, 0.29) is 0 Å². The second-order valence-electron chi connectivity index (χ2n) is 28.3. The van der Waals surface area contributed by atoms with Gasteiger partial charge in [0.15, 0.2) is 0 Å². The van der Waals surface area contributed by atoms with Gasteiger partial charge in [-0.05, 0) is 191 Å². The number of rotatable bonds is 0. The van der Waals surface area contributed by atoms with Gasteiger partial charge in [-0.25, -0.2) is 0 Å². The molecule has 88 heavy (non-hydrogen) atoms. The summed E-state index contributed by atoms with van der Waals surface area (Å²) in [5.41, 5.74) is 23.3. The average molecular weight is 1190 g/mol. The van der Waals surface area contributed by atoms with Crippen molar-refractivity contribution >= 4 is 194 Å². The molecule has 0 radical (unpaired) electrons. The van der Waals surface area contributed by atoms with E-state index in [2.05, 4.69) is 234 Å². The maximum Gasteiger partial charge on any atom is 0.129 e. The van der Waals surface area contributed by atoms with E-state index in [4.69, 9.17) is 19.9 Å². The minimum atomic E-state index is -1.90. The van der Waals surface area contributed by atoms with E-state index >= 15 is 0 Å². The van der Waals surface area contributed by atoms with E-state index in [1.807, 2.05) is 49.1 Å². The zero-order chi connectivity index (χ0) is 60.5. The number of aromatic nitrogens is 4. The van der Waals surface area contributed by atoms with Crippen LogP contribution in [0.3, 0.4) is 0 Å². The third-order valence-corrected chi connectivity index (χ3v) is 20.9.